The van der Waals surface area contributed by atoms with E-state index < -0.39 is 0 Å². The fraction of sp³-hybridized carbons (Fsp3) is 0.533. The minimum absolute atomic E-state index is 0.119. The maximum Gasteiger partial charge on any atom is 0.233 e. The van der Waals surface area contributed by atoms with Crippen molar-refractivity contribution in [3.8, 4) is 0 Å². The Balaban J connectivity index is 1.90. The molecule has 1 atom stereocenters. The number of carbonyl (C=O) groups excluding carboxylic acids is 1. The summed E-state index contributed by atoms with van der Waals surface area (Å²) in [5.74, 6) is 0.772. The smallest absolute Gasteiger partial charge is 0.233 e. The number of nitrogens with one attached hydrogen (secondary N) is 1. The van der Waals surface area contributed by atoms with Gasteiger partial charge in [-0.1, -0.05) is 30.3 Å². The largest absolute Gasteiger partial charge is 0.358 e. The Kier molecular flexibility index (Phi) is 4.76. The molecule has 18 heavy (non-hydrogen) atoms. The molecular weight excluding hydrogens is 224 g/mol. The molecule has 2 rings (SSSR count). The van der Waals surface area contributed by atoms with Gasteiger partial charge in [-0.25, -0.2) is 0 Å². The second kappa shape index (κ2) is 6.55. The van der Waals surface area contributed by atoms with Gasteiger partial charge in [0.15, 0.2) is 0 Å². The monoisotopic (exact) mass is 246 g/mol. The van der Waals surface area contributed by atoms with Crippen LogP contribution in [0.3, 0.4) is 0 Å². The van der Waals surface area contributed by atoms with Crippen LogP contribution in [0.25, 0.3) is 0 Å². The van der Waals surface area contributed by atoms with E-state index in [1.54, 1.807) is 7.05 Å². The van der Waals surface area contributed by atoms with E-state index in [4.69, 9.17) is 0 Å². The third-order valence-corrected chi connectivity index (χ3v) is 3.74. The van der Waals surface area contributed by atoms with Crippen molar-refractivity contribution in [2.24, 2.45) is 0 Å². The van der Waals surface area contributed by atoms with Gasteiger partial charge in [-0.15, -0.1) is 0 Å². The molecule has 98 valence electrons. The SMILES string of the molecule is CNC(=O)CN1CCCC(c2ccccc2)CC1. The van der Waals surface area contributed by atoms with Crippen LogP contribution in [0.15, 0.2) is 30.3 Å². The molecule has 1 heterocycles. The molecule has 1 aliphatic rings. The van der Waals surface area contributed by atoms with Crippen molar-refractivity contribution in [1.29, 1.82) is 0 Å². The molecule has 1 aromatic rings. The molecule has 0 saturated carbocycles. The lowest BCUT2D eigenvalue weighted by Crippen LogP contribution is -2.36. The first-order valence-corrected chi connectivity index (χ1v) is 6.77. The highest BCUT2D eigenvalue weighted by Gasteiger charge is 2.19. The van der Waals surface area contributed by atoms with Gasteiger partial charge in [0.1, 0.15) is 0 Å². The number of rotatable bonds is 3. The van der Waals surface area contributed by atoms with E-state index >= 15 is 0 Å². The van der Waals surface area contributed by atoms with Crippen molar-refractivity contribution in [2.75, 3.05) is 26.7 Å². The Morgan fingerprint density at radius 1 is 1.28 bits per heavy atom. The maximum absolute atomic E-state index is 11.4. The Bertz CT molecular complexity index is 377. The zero-order chi connectivity index (χ0) is 12.8. The quantitative estimate of drug-likeness (QED) is 0.884. The predicted molar refractivity (Wildman–Crippen MR) is 73.5 cm³/mol. The van der Waals surface area contributed by atoms with Crippen LogP contribution < -0.4 is 5.32 Å². The van der Waals surface area contributed by atoms with Crippen molar-refractivity contribution in [1.82, 2.24) is 10.2 Å². The van der Waals surface area contributed by atoms with Gasteiger partial charge in [-0.3, -0.25) is 9.69 Å². The Morgan fingerprint density at radius 2 is 2.06 bits per heavy atom. The molecule has 1 amide bonds. The highest BCUT2D eigenvalue weighted by molar-refractivity contribution is 5.77. The van der Waals surface area contributed by atoms with Gasteiger partial charge in [0.2, 0.25) is 5.91 Å². The standard InChI is InChI=1S/C15H22N2O/c1-16-15(18)12-17-10-5-8-14(9-11-17)13-6-3-2-4-7-13/h2-4,6-7,14H,5,8-12H2,1H3,(H,16,18). The van der Waals surface area contributed by atoms with E-state index in [0.717, 1.165) is 19.5 Å². The van der Waals surface area contributed by atoms with Gasteiger partial charge in [-0.2, -0.15) is 0 Å². The van der Waals surface area contributed by atoms with Crippen LogP contribution in [0.4, 0.5) is 0 Å². The van der Waals surface area contributed by atoms with Crippen molar-refractivity contribution >= 4 is 5.91 Å². The van der Waals surface area contributed by atoms with E-state index in [9.17, 15) is 4.79 Å². The summed E-state index contributed by atoms with van der Waals surface area (Å²) in [7, 11) is 1.70. The summed E-state index contributed by atoms with van der Waals surface area (Å²) in [5, 5.41) is 2.69. The van der Waals surface area contributed by atoms with Crippen molar-refractivity contribution in [3.63, 3.8) is 0 Å². The number of hydrogen-bond donors (Lipinski definition) is 1. The van der Waals surface area contributed by atoms with Gasteiger partial charge in [0.05, 0.1) is 6.54 Å². The molecule has 1 N–H and O–H groups in total. The van der Waals surface area contributed by atoms with Crippen LogP contribution in [0.2, 0.25) is 0 Å². The number of amides is 1. The third-order valence-electron chi connectivity index (χ3n) is 3.74. The van der Waals surface area contributed by atoms with Crippen molar-refractivity contribution in [3.05, 3.63) is 35.9 Å². The van der Waals surface area contributed by atoms with Crippen LogP contribution in [-0.2, 0) is 4.79 Å². The number of likely N-dealkylation sites (tertiary alicyclic amines) is 1. The van der Waals surface area contributed by atoms with Gasteiger partial charge < -0.3 is 5.32 Å². The number of nitrogens with zero attached hydrogens (tertiary/aromatic N) is 1. The van der Waals surface area contributed by atoms with Gasteiger partial charge in [0.25, 0.3) is 0 Å². The maximum atomic E-state index is 11.4. The topological polar surface area (TPSA) is 32.3 Å². The Labute approximate surface area is 109 Å². The lowest BCUT2D eigenvalue weighted by Gasteiger charge is -2.19. The minimum Gasteiger partial charge on any atom is -0.358 e. The fourth-order valence-corrected chi connectivity index (χ4v) is 2.65. The van der Waals surface area contributed by atoms with Crippen molar-refractivity contribution < 1.29 is 4.79 Å². The molecule has 1 fully saturated rings. The highest BCUT2D eigenvalue weighted by atomic mass is 16.1. The van der Waals surface area contributed by atoms with Crippen LogP contribution in [0.1, 0.15) is 30.7 Å². The summed E-state index contributed by atoms with van der Waals surface area (Å²) in [6.07, 6.45) is 3.56. The lowest BCUT2D eigenvalue weighted by molar-refractivity contribution is -0.121. The van der Waals surface area contributed by atoms with Crippen LogP contribution >= 0.6 is 0 Å². The first-order chi connectivity index (χ1) is 8.79. The molecule has 1 aliphatic heterocycles. The Morgan fingerprint density at radius 3 is 2.78 bits per heavy atom. The van der Waals surface area contributed by atoms with E-state index in [-0.39, 0.29) is 5.91 Å². The molecule has 0 bridgehead atoms. The summed E-state index contributed by atoms with van der Waals surface area (Å²) in [4.78, 5) is 13.7. The first-order valence-electron chi connectivity index (χ1n) is 6.77. The molecule has 1 aromatic carbocycles. The summed E-state index contributed by atoms with van der Waals surface area (Å²) in [5.41, 5.74) is 1.44. The highest BCUT2D eigenvalue weighted by Crippen LogP contribution is 2.27. The predicted octanol–water partition coefficient (Wildman–Crippen LogP) is 2.00. The number of hydrogen-bond acceptors (Lipinski definition) is 2. The van der Waals surface area contributed by atoms with E-state index in [1.165, 1.54) is 18.4 Å². The lowest BCUT2D eigenvalue weighted by atomic mass is 9.92. The van der Waals surface area contributed by atoms with Crippen LogP contribution in [0, 0.1) is 0 Å². The molecule has 3 nitrogen and oxygen atoms in total. The second-order valence-electron chi connectivity index (χ2n) is 4.99. The molecule has 1 saturated heterocycles. The van der Waals surface area contributed by atoms with Gasteiger partial charge in [-0.05, 0) is 43.8 Å². The molecule has 0 aliphatic carbocycles. The normalized spacial score (nSPS) is 21.3. The molecule has 0 spiro atoms. The molecular formula is C15H22N2O. The molecule has 0 aromatic heterocycles. The second-order valence-corrected chi connectivity index (χ2v) is 4.99. The van der Waals surface area contributed by atoms with E-state index in [1.807, 2.05) is 0 Å². The van der Waals surface area contributed by atoms with E-state index in [0.29, 0.717) is 12.5 Å². The molecule has 3 heteroatoms. The average Bonchev–Trinajstić information content (AvgIpc) is 2.65. The number of likely N-dealkylation sites (N-methyl/N-ethyl adjacent to an activating group) is 1. The number of benzene rings is 1. The molecule has 1 unspecified atom stereocenters. The third kappa shape index (κ3) is 3.57. The number of carbonyl (C=O) groups is 1. The van der Waals surface area contributed by atoms with Crippen LogP contribution in [0.5, 0.6) is 0 Å². The van der Waals surface area contributed by atoms with Crippen LogP contribution in [-0.4, -0.2) is 37.5 Å². The summed E-state index contributed by atoms with van der Waals surface area (Å²) >= 11 is 0. The summed E-state index contributed by atoms with van der Waals surface area (Å²) < 4.78 is 0. The van der Waals surface area contributed by atoms with E-state index in [2.05, 4.69) is 40.5 Å². The zero-order valence-electron chi connectivity index (χ0n) is 11.1. The Hall–Kier alpha value is -1.35. The zero-order valence-corrected chi connectivity index (χ0v) is 11.1. The van der Waals surface area contributed by atoms with Crippen molar-refractivity contribution in [2.45, 2.75) is 25.2 Å². The van der Waals surface area contributed by atoms with Gasteiger partial charge in [0, 0.05) is 7.05 Å². The minimum atomic E-state index is 0.119. The van der Waals surface area contributed by atoms with Gasteiger partial charge >= 0.3 is 0 Å². The summed E-state index contributed by atoms with van der Waals surface area (Å²) in [6, 6.07) is 10.7. The summed E-state index contributed by atoms with van der Waals surface area (Å²) in [6.45, 7) is 2.60. The molecule has 0 radical (unpaired) electrons. The fourth-order valence-electron chi connectivity index (χ4n) is 2.65. The average molecular weight is 246 g/mol. The first kappa shape index (κ1) is 13.1.